The average Bonchev–Trinajstić information content (AvgIpc) is 2.36. The molecule has 0 aliphatic carbocycles. The first-order chi connectivity index (χ1) is 9.64. The van der Waals surface area contributed by atoms with Gasteiger partial charge in [-0.3, -0.25) is 9.69 Å². The van der Waals surface area contributed by atoms with Gasteiger partial charge in [0, 0.05) is 17.6 Å². The number of methoxy groups -OCH3 is 1. The molecule has 0 aliphatic heterocycles. The Morgan fingerprint density at radius 3 is 2.52 bits per heavy atom. The highest BCUT2D eigenvalue weighted by atomic mass is 16.5. The van der Waals surface area contributed by atoms with E-state index in [0.717, 1.165) is 11.3 Å². The van der Waals surface area contributed by atoms with Crippen molar-refractivity contribution in [2.75, 3.05) is 14.2 Å². The summed E-state index contributed by atoms with van der Waals surface area (Å²) in [5.74, 6) is 0.896. The fraction of sp³-hybridized carbons (Fsp3) is 0.588. The summed E-state index contributed by atoms with van der Waals surface area (Å²) in [6.45, 7) is 10.6. The molecule has 1 N–H and O–H groups in total. The van der Waals surface area contributed by atoms with Crippen molar-refractivity contribution < 1.29 is 9.53 Å². The third-order valence-electron chi connectivity index (χ3n) is 3.39. The van der Waals surface area contributed by atoms with Crippen molar-refractivity contribution in [1.82, 2.24) is 10.2 Å². The first kappa shape index (κ1) is 17.5. The quantitative estimate of drug-likeness (QED) is 0.907. The third-order valence-corrected chi connectivity index (χ3v) is 3.39. The Morgan fingerprint density at radius 2 is 2.00 bits per heavy atom. The number of benzene rings is 1. The fourth-order valence-corrected chi connectivity index (χ4v) is 2.11. The van der Waals surface area contributed by atoms with Gasteiger partial charge < -0.3 is 10.1 Å². The molecule has 4 nitrogen and oxygen atoms in total. The van der Waals surface area contributed by atoms with Crippen LogP contribution in [0.1, 0.15) is 38.8 Å². The van der Waals surface area contributed by atoms with Crippen molar-refractivity contribution in [3.8, 4) is 5.75 Å². The molecule has 0 spiro atoms. The minimum Gasteiger partial charge on any atom is -0.496 e. The molecule has 4 heteroatoms. The average molecular weight is 292 g/mol. The molecule has 0 fully saturated rings. The number of nitrogens with one attached hydrogen (secondary N) is 1. The van der Waals surface area contributed by atoms with Crippen LogP contribution in [0.3, 0.4) is 0 Å². The van der Waals surface area contributed by atoms with E-state index in [1.54, 1.807) is 7.11 Å². The van der Waals surface area contributed by atoms with E-state index >= 15 is 0 Å². The molecule has 1 amide bonds. The lowest BCUT2D eigenvalue weighted by atomic mass is 10.1. The van der Waals surface area contributed by atoms with Crippen LogP contribution >= 0.6 is 0 Å². The topological polar surface area (TPSA) is 41.6 Å². The summed E-state index contributed by atoms with van der Waals surface area (Å²) < 4.78 is 5.39. The third kappa shape index (κ3) is 5.38. The molecular weight excluding hydrogens is 264 g/mol. The molecule has 0 aromatic heterocycles. The summed E-state index contributed by atoms with van der Waals surface area (Å²) in [5, 5.41) is 3.01. The molecule has 118 valence electrons. The van der Waals surface area contributed by atoms with Gasteiger partial charge in [0.25, 0.3) is 0 Å². The molecule has 1 unspecified atom stereocenters. The maximum absolute atomic E-state index is 12.2. The highest BCUT2D eigenvalue weighted by Gasteiger charge is 2.23. The summed E-state index contributed by atoms with van der Waals surface area (Å²) in [5.41, 5.74) is 2.06. The van der Waals surface area contributed by atoms with Crippen LogP contribution in [0.15, 0.2) is 18.2 Å². The van der Waals surface area contributed by atoms with Crippen LogP contribution in [-0.2, 0) is 11.3 Å². The van der Waals surface area contributed by atoms with Crippen molar-refractivity contribution in [1.29, 1.82) is 0 Å². The van der Waals surface area contributed by atoms with Crippen molar-refractivity contribution in [2.24, 2.45) is 0 Å². The molecule has 1 aromatic rings. The van der Waals surface area contributed by atoms with Crippen LogP contribution in [0, 0.1) is 6.92 Å². The van der Waals surface area contributed by atoms with Crippen molar-refractivity contribution in [2.45, 2.75) is 52.7 Å². The zero-order valence-corrected chi connectivity index (χ0v) is 14.3. The van der Waals surface area contributed by atoms with Gasteiger partial charge in [-0.25, -0.2) is 0 Å². The van der Waals surface area contributed by atoms with Gasteiger partial charge in [-0.05, 0) is 47.7 Å². The van der Waals surface area contributed by atoms with Gasteiger partial charge in [0.05, 0.1) is 13.2 Å². The summed E-state index contributed by atoms with van der Waals surface area (Å²) in [7, 11) is 3.62. The highest BCUT2D eigenvalue weighted by molar-refractivity contribution is 5.81. The zero-order valence-electron chi connectivity index (χ0n) is 14.3. The zero-order chi connectivity index (χ0) is 16.2. The van der Waals surface area contributed by atoms with Crippen LogP contribution < -0.4 is 10.1 Å². The molecule has 0 saturated carbocycles. The van der Waals surface area contributed by atoms with Gasteiger partial charge in [-0.15, -0.1) is 0 Å². The predicted octanol–water partition coefficient (Wildman–Crippen LogP) is 2.74. The molecule has 0 saturated heterocycles. The Morgan fingerprint density at radius 1 is 1.38 bits per heavy atom. The number of hydrogen-bond donors (Lipinski definition) is 1. The van der Waals surface area contributed by atoms with E-state index in [9.17, 15) is 4.79 Å². The molecule has 21 heavy (non-hydrogen) atoms. The SMILES string of the molecule is COc1ccc(C)cc1CN(C)C(C)C(=O)NC(C)(C)C. The van der Waals surface area contributed by atoms with Crippen LogP contribution in [0.2, 0.25) is 0 Å². The monoisotopic (exact) mass is 292 g/mol. The summed E-state index contributed by atoms with van der Waals surface area (Å²) in [4.78, 5) is 14.3. The maximum atomic E-state index is 12.2. The molecule has 1 atom stereocenters. The van der Waals surface area contributed by atoms with Crippen molar-refractivity contribution in [3.63, 3.8) is 0 Å². The number of carbonyl (C=O) groups excluding carboxylic acids is 1. The molecule has 0 heterocycles. The van der Waals surface area contributed by atoms with Gasteiger partial charge in [0.1, 0.15) is 5.75 Å². The van der Waals surface area contributed by atoms with Gasteiger partial charge in [-0.2, -0.15) is 0 Å². The van der Waals surface area contributed by atoms with Crippen LogP contribution in [0.4, 0.5) is 0 Å². The normalized spacial score (nSPS) is 13.1. The van der Waals surface area contributed by atoms with Crippen molar-refractivity contribution >= 4 is 5.91 Å². The molecule has 1 rings (SSSR count). The number of likely N-dealkylation sites (N-methyl/N-ethyl adjacent to an activating group) is 1. The Bertz CT molecular complexity index is 492. The predicted molar refractivity (Wildman–Crippen MR) is 86.6 cm³/mol. The van der Waals surface area contributed by atoms with E-state index < -0.39 is 0 Å². The maximum Gasteiger partial charge on any atom is 0.237 e. The molecule has 1 aromatic carbocycles. The number of rotatable bonds is 5. The van der Waals surface area contributed by atoms with E-state index in [1.807, 2.05) is 51.8 Å². The smallest absolute Gasteiger partial charge is 0.237 e. The first-order valence-corrected chi connectivity index (χ1v) is 7.30. The minimum absolute atomic E-state index is 0.0385. The van der Waals surface area contributed by atoms with Crippen molar-refractivity contribution in [3.05, 3.63) is 29.3 Å². The summed E-state index contributed by atoms with van der Waals surface area (Å²) in [6.07, 6.45) is 0. The Labute approximate surface area is 128 Å². The summed E-state index contributed by atoms with van der Waals surface area (Å²) >= 11 is 0. The lowest BCUT2D eigenvalue weighted by Crippen LogP contribution is -2.49. The van der Waals surface area contributed by atoms with E-state index in [-0.39, 0.29) is 17.5 Å². The Balaban J connectivity index is 2.78. The van der Waals surface area contributed by atoms with Crippen LogP contribution in [0.5, 0.6) is 5.75 Å². The number of nitrogens with zero attached hydrogens (tertiary/aromatic N) is 1. The number of hydrogen-bond acceptors (Lipinski definition) is 3. The second kappa shape index (κ2) is 6.94. The minimum atomic E-state index is -0.215. The first-order valence-electron chi connectivity index (χ1n) is 7.30. The van der Waals surface area contributed by atoms with Gasteiger partial charge in [0.2, 0.25) is 5.91 Å². The van der Waals surface area contributed by atoms with Gasteiger partial charge >= 0.3 is 0 Å². The lowest BCUT2D eigenvalue weighted by Gasteiger charge is -2.28. The van der Waals surface area contributed by atoms with E-state index in [0.29, 0.717) is 6.54 Å². The van der Waals surface area contributed by atoms with E-state index in [2.05, 4.69) is 18.3 Å². The largest absolute Gasteiger partial charge is 0.496 e. The van der Waals surface area contributed by atoms with E-state index in [1.165, 1.54) is 5.56 Å². The molecular formula is C17H28N2O2. The fourth-order valence-electron chi connectivity index (χ4n) is 2.11. The number of amides is 1. The second-order valence-electron chi connectivity index (χ2n) is 6.65. The number of carbonyl (C=O) groups is 1. The molecule has 0 aliphatic rings. The van der Waals surface area contributed by atoms with E-state index in [4.69, 9.17) is 4.74 Å². The highest BCUT2D eigenvalue weighted by Crippen LogP contribution is 2.21. The molecule has 0 bridgehead atoms. The van der Waals surface area contributed by atoms with Gasteiger partial charge in [-0.1, -0.05) is 17.7 Å². The van der Waals surface area contributed by atoms with Gasteiger partial charge in [0.15, 0.2) is 0 Å². The standard InChI is InChI=1S/C17H28N2O2/c1-12-8-9-15(21-7)14(10-12)11-19(6)13(2)16(20)18-17(3,4)5/h8-10,13H,11H2,1-7H3,(H,18,20). The summed E-state index contributed by atoms with van der Waals surface area (Å²) in [6, 6.07) is 5.90. The molecule has 0 radical (unpaired) electrons. The van der Waals surface area contributed by atoms with Crippen LogP contribution in [-0.4, -0.2) is 36.5 Å². The Hall–Kier alpha value is -1.55. The number of ether oxygens (including phenoxy) is 1. The van der Waals surface area contributed by atoms with Crippen LogP contribution in [0.25, 0.3) is 0 Å². The Kier molecular flexibility index (Phi) is 5.78. The second-order valence-corrected chi connectivity index (χ2v) is 6.65. The lowest BCUT2D eigenvalue weighted by molar-refractivity contribution is -0.127. The number of aryl methyl sites for hydroxylation is 1.